The van der Waals surface area contributed by atoms with E-state index in [4.69, 9.17) is 10.00 Å². The van der Waals surface area contributed by atoms with E-state index in [1.165, 1.54) is 0 Å². The van der Waals surface area contributed by atoms with Gasteiger partial charge >= 0.3 is 5.97 Å². The van der Waals surface area contributed by atoms with Gasteiger partial charge in [-0.2, -0.15) is 5.26 Å². The van der Waals surface area contributed by atoms with Gasteiger partial charge in [0.15, 0.2) is 0 Å². The van der Waals surface area contributed by atoms with Crippen LogP contribution in [0.25, 0.3) is 0 Å². The maximum atomic E-state index is 12.7. The number of alkyl halides is 2. The lowest BCUT2D eigenvalue weighted by Crippen LogP contribution is -2.11. The molecule has 7 heteroatoms. The minimum Gasteiger partial charge on any atom is -0.466 e. The summed E-state index contributed by atoms with van der Waals surface area (Å²) in [5.74, 6) is -0.595. The third-order valence-electron chi connectivity index (χ3n) is 2.13. The van der Waals surface area contributed by atoms with E-state index in [0.29, 0.717) is 0 Å². The van der Waals surface area contributed by atoms with Crippen LogP contribution in [0, 0.1) is 11.3 Å². The highest BCUT2D eigenvalue weighted by molar-refractivity contribution is 9.10. The summed E-state index contributed by atoms with van der Waals surface area (Å²) in [5, 5.41) is 8.93. The second-order valence-electron chi connectivity index (χ2n) is 3.25. The number of carbonyl (C=O) groups excluding carboxylic acids is 1. The number of hydrogen-bond acceptors (Lipinski definition) is 4. The zero-order chi connectivity index (χ0) is 13.7. The number of ether oxygens (including phenoxy) is 1. The van der Waals surface area contributed by atoms with Crippen molar-refractivity contribution in [2.45, 2.75) is 19.8 Å². The van der Waals surface area contributed by atoms with Gasteiger partial charge in [0.25, 0.3) is 6.43 Å². The molecule has 96 valence electrons. The van der Waals surface area contributed by atoms with Crippen molar-refractivity contribution in [2.75, 3.05) is 6.61 Å². The van der Waals surface area contributed by atoms with Gasteiger partial charge < -0.3 is 4.74 Å². The van der Waals surface area contributed by atoms with Crippen LogP contribution in [-0.2, 0) is 16.0 Å². The van der Waals surface area contributed by atoms with Gasteiger partial charge in [0.1, 0.15) is 10.7 Å². The summed E-state index contributed by atoms with van der Waals surface area (Å²) in [7, 11) is 0. The molecule has 0 spiro atoms. The molecule has 0 bridgehead atoms. The lowest BCUT2D eigenvalue weighted by Gasteiger charge is -2.09. The fraction of sp³-hybridized carbons (Fsp3) is 0.364. The summed E-state index contributed by atoms with van der Waals surface area (Å²) in [6.07, 6.45) is -2.17. The molecule has 4 nitrogen and oxygen atoms in total. The zero-order valence-corrected chi connectivity index (χ0v) is 11.0. The van der Waals surface area contributed by atoms with Gasteiger partial charge in [-0.25, -0.2) is 13.8 Å². The molecule has 0 fully saturated rings. The number of carbonyl (C=O) groups is 1. The number of nitriles is 1. The first-order valence-corrected chi connectivity index (χ1v) is 5.81. The van der Waals surface area contributed by atoms with Gasteiger partial charge in [-0.15, -0.1) is 0 Å². The molecule has 0 N–H and O–H groups in total. The lowest BCUT2D eigenvalue weighted by atomic mass is 10.0. The molecule has 18 heavy (non-hydrogen) atoms. The fourth-order valence-corrected chi connectivity index (χ4v) is 1.80. The normalized spacial score (nSPS) is 10.2. The van der Waals surface area contributed by atoms with Crippen LogP contribution < -0.4 is 0 Å². The number of hydrogen-bond donors (Lipinski definition) is 0. The molecule has 1 aromatic rings. The molecule has 1 rings (SSSR count). The molecule has 0 radical (unpaired) electrons. The average molecular weight is 319 g/mol. The summed E-state index contributed by atoms with van der Waals surface area (Å²) < 4.78 is 30.3. The highest BCUT2D eigenvalue weighted by Crippen LogP contribution is 2.28. The number of esters is 1. The Bertz CT molecular complexity index is 501. The number of nitrogens with zero attached hydrogens (tertiary/aromatic N) is 2. The van der Waals surface area contributed by atoms with E-state index in [1.54, 1.807) is 13.0 Å². The van der Waals surface area contributed by atoms with Crippen molar-refractivity contribution in [3.05, 3.63) is 27.5 Å². The van der Waals surface area contributed by atoms with E-state index >= 15 is 0 Å². The van der Waals surface area contributed by atoms with Crippen LogP contribution in [-0.4, -0.2) is 17.6 Å². The third-order valence-corrected chi connectivity index (χ3v) is 2.81. The Morgan fingerprint density at radius 3 is 2.83 bits per heavy atom. The van der Waals surface area contributed by atoms with Crippen molar-refractivity contribution >= 4 is 21.9 Å². The second-order valence-corrected chi connectivity index (χ2v) is 4.00. The van der Waals surface area contributed by atoms with Gasteiger partial charge in [-0.3, -0.25) is 4.79 Å². The number of aromatic nitrogens is 1. The first-order valence-electron chi connectivity index (χ1n) is 5.02. The van der Waals surface area contributed by atoms with E-state index in [2.05, 4.69) is 20.9 Å². The smallest absolute Gasteiger partial charge is 0.310 e. The molecule has 0 saturated heterocycles. The molecule has 0 atom stereocenters. The molecular weight excluding hydrogens is 310 g/mol. The Kier molecular flexibility index (Phi) is 5.16. The Hall–Kier alpha value is -1.55. The van der Waals surface area contributed by atoms with Crippen molar-refractivity contribution in [1.82, 2.24) is 4.98 Å². The Balaban J connectivity index is 3.21. The van der Waals surface area contributed by atoms with Gasteiger partial charge in [0, 0.05) is 11.8 Å². The van der Waals surface area contributed by atoms with Crippen LogP contribution in [0.2, 0.25) is 0 Å². The topological polar surface area (TPSA) is 63.0 Å². The summed E-state index contributed by atoms with van der Waals surface area (Å²) in [6.45, 7) is 1.81. The number of halogens is 3. The summed E-state index contributed by atoms with van der Waals surface area (Å²) in [4.78, 5) is 15.0. The van der Waals surface area contributed by atoms with Crippen LogP contribution in [0.15, 0.2) is 10.8 Å². The maximum Gasteiger partial charge on any atom is 0.310 e. The monoisotopic (exact) mass is 318 g/mol. The first kappa shape index (κ1) is 14.5. The van der Waals surface area contributed by atoms with Crippen molar-refractivity contribution in [2.24, 2.45) is 0 Å². The van der Waals surface area contributed by atoms with Crippen molar-refractivity contribution < 1.29 is 18.3 Å². The molecule has 0 aliphatic heterocycles. The van der Waals surface area contributed by atoms with Crippen molar-refractivity contribution in [3.8, 4) is 6.07 Å². The van der Waals surface area contributed by atoms with Crippen molar-refractivity contribution in [3.63, 3.8) is 0 Å². The minimum absolute atomic E-state index is 0.119. The Morgan fingerprint density at radius 1 is 1.67 bits per heavy atom. The molecule has 1 heterocycles. The molecular formula is C11H9BrF2N2O2. The highest BCUT2D eigenvalue weighted by Gasteiger charge is 2.21. The van der Waals surface area contributed by atoms with E-state index in [9.17, 15) is 13.6 Å². The molecule has 0 aliphatic carbocycles. The fourth-order valence-electron chi connectivity index (χ4n) is 1.36. The van der Waals surface area contributed by atoms with Gasteiger partial charge in [-0.1, -0.05) is 0 Å². The summed E-state index contributed by atoms with van der Waals surface area (Å²) in [6, 6.07) is 1.68. The summed E-state index contributed by atoms with van der Waals surface area (Å²) >= 11 is 3.04. The first-order chi connectivity index (χ1) is 8.51. The lowest BCUT2D eigenvalue weighted by molar-refractivity contribution is -0.142. The van der Waals surface area contributed by atoms with Crippen LogP contribution in [0.4, 0.5) is 8.78 Å². The quantitative estimate of drug-likeness (QED) is 0.632. The standard InChI is InChI=1S/C11H9BrF2N2O2/c1-2-18-9(17)3-6-7(4-15)8(11(13)14)5-16-10(6)12/h5,11H,2-3H2,1H3. The van der Waals surface area contributed by atoms with Crippen LogP contribution in [0.5, 0.6) is 0 Å². The molecule has 0 amide bonds. The SMILES string of the molecule is CCOC(=O)Cc1c(Br)ncc(C(F)F)c1C#N. The maximum absolute atomic E-state index is 12.7. The van der Waals surface area contributed by atoms with E-state index in [1.807, 2.05) is 0 Å². The Morgan fingerprint density at radius 2 is 2.33 bits per heavy atom. The Labute approximate surface area is 111 Å². The molecule has 0 saturated carbocycles. The van der Waals surface area contributed by atoms with Crippen molar-refractivity contribution in [1.29, 1.82) is 5.26 Å². The largest absolute Gasteiger partial charge is 0.466 e. The van der Waals surface area contributed by atoms with E-state index in [-0.39, 0.29) is 28.8 Å². The molecule has 0 unspecified atom stereocenters. The van der Waals surface area contributed by atoms with Crippen LogP contribution in [0.1, 0.15) is 30.0 Å². The number of rotatable bonds is 4. The van der Waals surface area contributed by atoms with Crippen LogP contribution >= 0.6 is 15.9 Å². The van der Waals surface area contributed by atoms with Gasteiger partial charge in [0.2, 0.25) is 0 Å². The van der Waals surface area contributed by atoms with Gasteiger partial charge in [-0.05, 0) is 22.9 Å². The van der Waals surface area contributed by atoms with Gasteiger partial charge in [0.05, 0.1) is 24.2 Å². The number of pyridine rings is 1. The third kappa shape index (κ3) is 3.23. The highest BCUT2D eigenvalue weighted by atomic mass is 79.9. The van der Waals surface area contributed by atoms with Crippen LogP contribution in [0.3, 0.4) is 0 Å². The predicted octanol–water partition coefficient (Wildman–Crippen LogP) is 2.76. The summed E-state index contributed by atoms with van der Waals surface area (Å²) in [5.41, 5.74) is -0.603. The average Bonchev–Trinajstić information content (AvgIpc) is 2.31. The minimum atomic E-state index is -2.82. The van der Waals surface area contributed by atoms with E-state index in [0.717, 1.165) is 6.20 Å². The second kappa shape index (κ2) is 6.40. The molecule has 1 aromatic heterocycles. The molecule has 0 aromatic carbocycles. The molecule has 0 aliphatic rings. The van der Waals surface area contributed by atoms with E-state index < -0.39 is 18.0 Å². The zero-order valence-electron chi connectivity index (χ0n) is 9.41. The predicted molar refractivity (Wildman–Crippen MR) is 61.9 cm³/mol.